The Labute approximate surface area is 154 Å². The number of benzene rings is 1. The molecule has 1 aliphatic heterocycles. The van der Waals surface area contributed by atoms with Gasteiger partial charge in [-0.1, -0.05) is 23.2 Å². The summed E-state index contributed by atoms with van der Waals surface area (Å²) in [5.74, 6) is -1.64. The minimum absolute atomic E-state index is 0.227. The molecular weight excluding hydrogens is 365 g/mol. The number of halogens is 2. The molecule has 132 valence electrons. The number of carboxylic acids is 1. The van der Waals surface area contributed by atoms with Gasteiger partial charge in [0.05, 0.1) is 28.4 Å². The molecule has 1 amide bonds. The number of amides is 1. The highest BCUT2D eigenvalue weighted by Gasteiger charge is 2.36. The minimum atomic E-state index is -0.867. The van der Waals surface area contributed by atoms with Gasteiger partial charge in [0.2, 0.25) is 0 Å². The Morgan fingerprint density at radius 2 is 2.08 bits per heavy atom. The predicted molar refractivity (Wildman–Crippen MR) is 94.4 cm³/mol. The zero-order valence-corrected chi connectivity index (χ0v) is 15.0. The van der Waals surface area contributed by atoms with Crippen molar-refractivity contribution in [1.29, 1.82) is 0 Å². The van der Waals surface area contributed by atoms with E-state index in [9.17, 15) is 14.7 Å². The van der Waals surface area contributed by atoms with Crippen LogP contribution >= 0.6 is 23.2 Å². The summed E-state index contributed by atoms with van der Waals surface area (Å²) in [5, 5.41) is 14.4. The highest BCUT2D eigenvalue weighted by Crippen LogP contribution is 2.27. The second-order valence-electron chi connectivity index (χ2n) is 6.10. The normalized spacial score (nSPS) is 20.5. The van der Waals surface area contributed by atoms with Crippen LogP contribution in [0.15, 0.2) is 30.6 Å². The Morgan fingerprint density at radius 3 is 2.76 bits per heavy atom. The van der Waals surface area contributed by atoms with Crippen molar-refractivity contribution < 1.29 is 14.7 Å². The number of nitrogens with zero attached hydrogens (tertiary/aromatic N) is 3. The number of carbonyl (C=O) groups is 2. The van der Waals surface area contributed by atoms with E-state index in [-0.39, 0.29) is 11.9 Å². The molecular formula is C17H17Cl2N3O3. The lowest BCUT2D eigenvalue weighted by Crippen LogP contribution is -2.49. The molecule has 3 rings (SSSR count). The topological polar surface area (TPSA) is 75.4 Å². The first kappa shape index (κ1) is 17.8. The number of carbonyl (C=O) groups excluding carboxylic acids is 1. The zero-order valence-electron chi connectivity index (χ0n) is 13.5. The van der Waals surface area contributed by atoms with Gasteiger partial charge in [-0.05, 0) is 38.0 Å². The molecule has 2 aromatic rings. The van der Waals surface area contributed by atoms with Gasteiger partial charge in [0.25, 0.3) is 5.91 Å². The van der Waals surface area contributed by atoms with E-state index < -0.39 is 11.9 Å². The second kappa shape index (κ2) is 7.06. The Hall–Kier alpha value is -2.05. The van der Waals surface area contributed by atoms with Crippen molar-refractivity contribution in [3.8, 4) is 5.69 Å². The van der Waals surface area contributed by atoms with Gasteiger partial charge in [0.1, 0.15) is 0 Å². The van der Waals surface area contributed by atoms with Crippen LogP contribution in [0.25, 0.3) is 5.69 Å². The fraction of sp³-hybridized carbons (Fsp3) is 0.353. The molecule has 1 aromatic heterocycles. The van der Waals surface area contributed by atoms with E-state index in [2.05, 4.69) is 5.10 Å². The van der Waals surface area contributed by atoms with Crippen molar-refractivity contribution in [2.45, 2.75) is 25.8 Å². The molecule has 2 atom stereocenters. The van der Waals surface area contributed by atoms with Gasteiger partial charge in [-0.25, -0.2) is 4.68 Å². The van der Waals surface area contributed by atoms with Crippen LogP contribution in [0.2, 0.25) is 10.0 Å². The van der Waals surface area contributed by atoms with E-state index in [4.69, 9.17) is 23.2 Å². The van der Waals surface area contributed by atoms with Crippen LogP contribution in [0.4, 0.5) is 0 Å². The quantitative estimate of drug-likeness (QED) is 0.882. The van der Waals surface area contributed by atoms with E-state index in [1.54, 1.807) is 36.2 Å². The summed E-state index contributed by atoms with van der Waals surface area (Å²) in [4.78, 5) is 25.7. The number of hydrogen-bond donors (Lipinski definition) is 1. The number of rotatable bonds is 3. The molecule has 0 saturated carbocycles. The highest BCUT2D eigenvalue weighted by molar-refractivity contribution is 6.35. The molecule has 1 aromatic carbocycles. The Balaban J connectivity index is 1.84. The molecule has 1 fully saturated rings. The van der Waals surface area contributed by atoms with Gasteiger partial charge < -0.3 is 10.0 Å². The van der Waals surface area contributed by atoms with E-state index in [1.165, 1.54) is 10.9 Å². The lowest BCUT2D eigenvalue weighted by Gasteiger charge is -2.37. The Kier molecular flexibility index (Phi) is 5.01. The molecule has 2 heterocycles. The molecule has 8 heteroatoms. The highest BCUT2D eigenvalue weighted by atomic mass is 35.5. The van der Waals surface area contributed by atoms with Crippen LogP contribution in [0.1, 0.15) is 30.1 Å². The van der Waals surface area contributed by atoms with Gasteiger partial charge in [0.15, 0.2) is 0 Å². The smallest absolute Gasteiger partial charge is 0.308 e. The maximum absolute atomic E-state index is 12.8. The van der Waals surface area contributed by atoms with E-state index in [1.807, 2.05) is 0 Å². The maximum atomic E-state index is 12.8. The maximum Gasteiger partial charge on any atom is 0.308 e. The Morgan fingerprint density at radius 1 is 1.32 bits per heavy atom. The lowest BCUT2D eigenvalue weighted by atomic mass is 9.90. The fourth-order valence-electron chi connectivity index (χ4n) is 3.16. The van der Waals surface area contributed by atoms with Crippen LogP contribution in [0, 0.1) is 5.92 Å². The average Bonchev–Trinajstić information content (AvgIpc) is 3.04. The first-order valence-electron chi connectivity index (χ1n) is 7.92. The molecule has 0 bridgehead atoms. The number of piperidine rings is 1. The van der Waals surface area contributed by atoms with E-state index in [0.717, 1.165) is 0 Å². The predicted octanol–water partition coefficient (Wildman–Crippen LogP) is 3.50. The molecule has 0 radical (unpaired) electrons. The third kappa shape index (κ3) is 3.50. The van der Waals surface area contributed by atoms with Gasteiger partial charge in [-0.15, -0.1) is 0 Å². The molecule has 0 spiro atoms. The van der Waals surface area contributed by atoms with Crippen molar-refractivity contribution in [2.24, 2.45) is 5.92 Å². The third-order valence-electron chi connectivity index (χ3n) is 4.55. The van der Waals surface area contributed by atoms with Crippen LogP contribution in [-0.4, -0.2) is 44.3 Å². The first-order chi connectivity index (χ1) is 11.9. The SMILES string of the molecule is C[C@@H]1[C@H](C(=O)O)CCCN1C(=O)c1cnn(-c2ccc(Cl)cc2Cl)c1. The number of aliphatic carboxylic acids is 1. The molecule has 0 aliphatic carbocycles. The Bertz CT molecular complexity index is 821. The summed E-state index contributed by atoms with van der Waals surface area (Å²) >= 11 is 12.1. The first-order valence-corrected chi connectivity index (χ1v) is 8.68. The van der Waals surface area contributed by atoms with Gasteiger partial charge in [-0.2, -0.15) is 5.10 Å². The monoisotopic (exact) mass is 381 g/mol. The van der Waals surface area contributed by atoms with Crippen molar-refractivity contribution in [1.82, 2.24) is 14.7 Å². The van der Waals surface area contributed by atoms with Crippen LogP contribution < -0.4 is 0 Å². The van der Waals surface area contributed by atoms with Gasteiger partial charge in [0, 0.05) is 23.8 Å². The van der Waals surface area contributed by atoms with Crippen molar-refractivity contribution in [3.05, 3.63) is 46.2 Å². The van der Waals surface area contributed by atoms with Gasteiger partial charge in [-0.3, -0.25) is 9.59 Å². The lowest BCUT2D eigenvalue weighted by molar-refractivity contribution is -0.144. The minimum Gasteiger partial charge on any atom is -0.481 e. The summed E-state index contributed by atoms with van der Waals surface area (Å²) in [5.41, 5.74) is 1.00. The van der Waals surface area contributed by atoms with Crippen LogP contribution in [-0.2, 0) is 4.79 Å². The average molecular weight is 382 g/mol. The summed E-state index contributed by atoms with van der Waals surface area (Å²) in [7, 11) is 0. The number of likely N-dealkylation sites (tertiary alicyclic amines) is 1. The summed E-state index contributed by atoms with van der Waals surface area (Å²) in [6.07, 6.45) is 4.31. The fourth-order valence-corrected chi connectivity index (χ4v) is 3.65. The molecule has 1 aliphatic rings. The van der Waals surface area contributed by atoms with Crippen molar-refractivity contribution in [2.75, 3.05) is 6.54 Å². The zero-order chi connectivity index (χ0) is 18.1. The summed E-state index contributed by atoms with van der Waals surface area (Å²) in [6, 6.07) is 4.65. The van der Waals surface area contributed by atoms with Gasteiger partial charge >= 0.3 is 5.97 Å². The number of aromatic nitrogens is 2. The number of carboxylic acid groups (broad SMARTS) is 1. The van der Waals surface area contributed by atoms with Crippen LogP contribution in [0.5, 0.6) is 0 Å². The van der Waals surface area contributed by atoms with E-state index >= 15 is 0 Å². The largest absolute Gasteiger partial charge is 0.481 e. The molecule has 6 nitrogen and oxygen atoms in total. The molecule has 25 heavy (non-hydrogen) atoms. The van der Waals surface area contributed by atoms with Crippen molar-refractivity contribution in [3.63, 3.8) is 0 Å². The standard InChI is InChI=1S/C17H17Cl2N3O3/c1-10-13(17(24)25)3-2-6-21(10)16(23)11-8-20-22(9-11)15-5-4-12(18)7-14(15)19/h4-5,7-10,13H,2-3,6H2,1H3,(H,24,25)/t10-,13-/m1/s1. The molecule has 0 unspecified atom stereocenters. The third-order valence-corrected chi connectivity index (χ3v) is 5.09. The van der Waals surface area contributed by atoms with E-state index in [0.29, 0.717) is 40.7 Å². The van der Waals surface area contributed by atoms with Crippen molar-refractivity contribution >= 4 is 35.1 Å². The molecule has 1 N–H and O–H groups in total. The van der Waals surface area contributed by atoms with Crippen LogP contribution in [0.3, 0.4) is 0 Å². The second-order valence-corrected chi connectivity index (χ2v) is 6.94. The summed E-state index contributed by atoms with van der Waals surface area (Å²) in [6.45, 7) is 2.31. The molecule has 1 saturated heterocycles. The number of hydrogen-bond acceptors (Lipinski definition) is 3. The summed E-state index contributed by atoms with van der Waals surface area (Å²) < 4.78 is 1.51.